The zero-order valence-electron chi connectivity index (χ0n) is 17.2. The molecule has 1 aliphatic heterocycles. The maximum absolute atomic E-state index is 11.8. The molecule has 3 rings (SSSR count). The SMILES string of the molecule is CCOc1cc(/C=C2\NC(=S)NC2=O)ccc1OCc1ccc(C(C)(C)C)cc1. The molecular weight excluding hydrogens is 384 g/mol. The van der Waals surface area contributed by atoms with Gasteiger partial charge in [-0.3, -0.25) is 10.1 Å². The number of hydrogen-bond acceptors (Lipinski definition) is 4. The van der Waals surface area contributed by atoms with Crippen LogP contribution in [-0.2, 0) is 16.8 Å². The van der Waals surface area contributed by atoms with Gasteiger partial charge >= 0.3 is 0 Å². The van der Waals surface area contributed by atoms with Crippen LogP contribution in [0.3, 0.4) is 0 Å². The van der Waals surface area contributed by atoms with Gasteiger partial charge < -0.3 is 14.8 Å². The summed E-state index contributed by atoms with van der Waals surface area (Å²) in [4.78, 5) is 11.8. The van der Waals surface area contributed by atoms with Gasteiger partial charge in [-0.1, -0.05) is 51.1 Å². The van der Waals surface area contributed by atoms with E-state index in [1.807, 2.05) is 25.1 Å². The minimum absolute atomic E-state index is 0.126. The number of ether oxygens (including phenoxy) is 2. The van der Waals surface area contributed by atoms with Crippen LogP contribution >= 0.6 is 12.2 Å². The molecule has 29 heavy (non-hydrogen) atoms. The Kier molecular flexibility index (Phi) is 6.23. The molecule has 2 aromatic carbocycles. The van der Waals surface area contributed by atoms with Crippen molar-refractivity contribution in [2.24, 2.45) is 0 Å². The molecule has 2 N–H and O–H groups in total. The molecule has 0 aromatic heterocycles. The van der Waals surface area contributed by atoms with E-state index < -0.39 is 0 Å². The molecule has 152 valence electrons. The monoisotopic (exact) mass is 410 g/mol. The molecule has 0 saturated carbocycles. The second kappa shape index (κ2) is 8.66. The Morgan fingerprint density at radius 2 is 1.72 bits per heavy atom. The third-order valence-electron chi connectivity index (χ3n) is 4.51. The molecule has 1 heterocycles. The van der Waals surface area contributed by atoms with Crippen LogP contribution < -0.4 is 20.1 Å². The van der Waals surface area contributed by atoms with Crippen LogP contribution in [0.1, 0.15) is 44.4 Å². The highest BCUT2D eigenvalue weighted by Crippen LogP contribution is 2.30. The second-order valence-corrected chi connectivity index (χ2v) is 8.25. The van der Waals surface area contributed by atoms with Crippen molar-refractivity contribution < 1.29 is 14.3 Å². The average molecular weight is 411 g/mol. The van der Waals surface area contributed by atoms with Crippen molar-refractivity contribution in [3.05, 3.63) is 64.9 Å². The first kappa shape index (κ1) is 20.9. The molecule has 0 unspecified atom stereocenters. The van der Waals surface area contributed by atoms with Crippen LogP contribution in [0.4, 0.5) is 0 Å². The van der Waals surface area contributed by atoms with Gasteiger partial charge in [0.25, 0.3) is 5.91 Å². The summed E-state index contributed by atoms with van der Waals surface area (Å²) in [6.45, 7) is 9.47. The first-order chi connectivity index (χ1) is 13.8. The van der Waals surface area contributed by atoms with E-state index in [-0.39, 0.29) is 11.3 Å². The number of hydrogen-bond donors (Lipinski definition) is 2. The number of amides is 1. The molecule has 1 aliphatic rings. The summed E-state index contributed by atoms with van der Waals surface area (Å²) in [7, 11) is 0. The van der Waals surface area contributed by atoms with Crippen molar-refractivity contribution in [3.8, 4) is 11.5 Å². The van der Waals surface area contributed by atoms with Gasteiger partial charge in [0, 0.05) is 0 Å². The molecule has 1 saturated heterocycles. The first-order valence-electron chi connectivity index (χ1n) is 9.59. The standard InChI is InChI=1S/C23H26N2O3S/c1-5-27-20-13-16(12-18-21(26)25-22(29)24-18)8-11-19(20)28-14-15-6-9-17(10-7-15)23(2,3)4/h6-13H,5,14H2,1-4H3,(H2,24,25,26,29)/b18-12-. The molecule has 0 atom stereocenters. The molecule has 0 spiro atoms. The van der Waals surface area contributed by atoms with E-state index >= 15 is 0 Å². The van der Waals surface area contributed by atoms with Gasteiger partial charge in [-0.15, -0.1) is 0 Å². The van der Waals surface area contributed by atoms with Gasteiger partial charge in [0.15, 0.2) is 16.6 Å². The summed E-state index contributed by atoms with van der Waals surface area (Å²) < 4.78 is 11.7. The zero-order valence-corrected chi connectivity index (χ0v) is 18.0. The number of benzene rings is 2. The van der Waals surface area contributed by atoms with E-state index in [9.17, 15) is 4.79 Å². The molecule has 1 fully saturated rings. The highest BCUT2D eigenvalue weighted by atomic mass is 32.1. The Morgan fingerprint density at radius 3 is 2.31 bits per heavy atom. The Morgan fingerprint density at radius 1 is 1.00 bits per heavy atom. The Labute approximate surface area is 177 Å². The van der Waals surface area contributed by atoms with Crippen molar-refractivity contribution in [3.63, 3.8) is 0 Å². The van der Waals surface area contributed by atoms with Gasteiger partial charge in [-0.05, 0) is 59.5 Å². The van der Waals surface area contributed by atoms with Crippen LogP contribution in [-0.4, -0.2) is 17.6 Å². The first-order valence-corrected chi connectivity index (χ1v) is 10.00. The number of rotatable bonds is 6. The topological polar surface area (TPSA) is 59.6 Å². The number of carbonyl (C=O) groups is 1. The minimum atomic E-state index is -0.244. The smallest absolute Gasteiger partial charge is 0.273 e. The molecule has 2 aromatic rings. The maximum atomic E-state index is 11.8. The number of carbonyl (C=O) groups excluding carboxylic acids is 1. The average Bonchev–Trinajstić information content (AvgIpc) is 2.98. The van der Waals surface area contributed by atoms with Crippen LogP contribution in [0, 0.1) is 0 Å². The third-order valence-corrected chi connectivity index (χ3v) is 4.72. The summed E-state index contributed by atoms with van der Waals surface area (Å²) in [5, 5.41) is 5.70. The van der Waals surface area contributed by atoms with Crippen molar-refractivity contribution in [1.29, 1.82) is 0 Å². The summed E-state index contributed by atoms with van der Waals surface area (Å²) in [5.41, 5.74) is 3.73. The second-order valence-electron chi connectivity index (χ2n) is 7.84. The molecule has 6 heteroatoms. The lowest BCUT2D eigenvalue weighted by molar-refractivity contribution is -0.115. The molecule has 1 amide bonds. The molecule has 0 bridgehead atoms. The molecule has 0 radical (unpaired) electrons. The van der Waals surface area contributed by atoms with E-state index in [2.05, 4.69) is 55.7 Å². The predicted octanol–water partition coefficient (Wildman–Crippen LogP) is 4.31. The van der Waals surface area contributed by atoms with Crippen molar-refractivity contribution in [2.75, 3.05) is 6.61 Å². The van der Waals surface area contributed by atoms with Crippen molar-refractivity contribution in [2.45, 2.75) is 39.7 Å². The highest BCUT2D eigenvalue weighted by molar-refractivity contribution is 7.80. The van der Waals surface area contributed by atoms with Gasteiger partial charge in [-0.2, -0.15) is 0 Å². The lowest BCUT2D eigenvalue weighted by atomic mass is 9.87. The Hall–Kier alpha value is -2.86. The van der Waals surface area contributed by atoms with Crippen LogP contribution in [0.25, 0.3) is 6.08 Å². The number of nitrogens with one attached hydrogen (secondary N) is 2. The summed E-state index contributed by atoms with van der Waals surface area (Å²) >= 11 is 4.96. The minimum Gasteiger partial charge on any atom is -0.490 e. The van der Waals surface area contributed by atoms with Crippen molar-refractivity contribution in [1.82, 2.24) is 10.6 Å². The van der Waals surface area contributed by atoms with Crippen molar-refractivity contribution >= 4 is 29.3 Å². The largest absolute Gasteiger partial charge is 0.490 e. The predicted molar refractivity (Wildman–Crippen MR) is 119 cm³/mol. The fourth-order valence-electron chi connectivity index (χ4n) is 2.91. The molecular formula is C23H26N2O3S. The van der Waals surface area contributed by atoms with Gasteiger partial charge in [0.1, 0.15) is 12.3 Å². The van der Waals surface area contributed by atoms with Gasteiger partial charge in [-0.25, -0.2) is 0 Å². The van der Waals surface area contributed by atoms with E-state index in [1.54, 1.807) is 6.08 Å². The van der Waals surface area contributed by atoms with Crippen LogP contribution in [0.5, 0.6) is 11.5 Å². The van der Waals surface area contributed by atoms with Crippen LogP contribution in [0.2, 0.25) is 0 Å². The fraction of sp³-hybridized carbons (Fsp3) is 0.304. The van der Waals surface area contributed by atoms with E-state index in [1.165, 1.54) is 5.56 Å². The van der Waals surface area contributed by atoms with E-state index in [0.717, 1.165) is 11.1 Å². The normalized spacial score (nSPS) is 15.2. The Bertz CT molecular complexity index is 944. The Balaban J connectivity index is 1.74. The molecule has 5 nitrogen and oxygen atoms in total. The summed E-state index contributed by atoms with van der Waals surface area (Å²) in [5.74, 6) is 1.05. The summed E-state index contributed by atoms with van der Waals surface area (Å²) in [6, 6.07) is 14.0. The van der Waals surface area contributed by atoms with Crippen LogP contribution in [0.15, 0.2) is 48.2 Å². The lowest BCUT2D eigenvalue weighted by Gasteiger charge is -2.19. The quantitative estimate of drug-likeness (QED) is 0.549. The van der Waals surface area contributed by atoms with Gasteiger partial charge in [0.05, 0.1) is 6.61 Å². The van der Waals surface area contributed by atoms with Gasteiger partial charge in [0.2, 0.25) is 0 Å². The van der Waals surface area contributed by atoms with E-state index in [4.69, 9.17) is 21.7 Å². The summed E-state index contributed by atoms with van der Waals surface area (Å²) in [6.07, 6.45) is 1.73. The lowest BCUT2D eigenvalue weighted by Crippen LogP contribution is -2.21. The number of thiocarbonyl (C=S) groups is 1. The third kappa shape index (κ3) is 5.35. The van der Waals surface area contributed by atoms with E-state index in [0.29, 0.717) is 35.5 Å². The fourth-order valence-corrected chi connectivity index (χ4v) is 3.12. The zero-order chi connectivity index (χ0) is 21.0. The maximum Gasteiger partial charge on any atom is 0.273 e. The molecule has 0 aliphatic carbocycles. The highest BCUT2D eigenvalue weighted by Gasteiger charge is 2.20.